The molecular weight excluding hydrogens is 394 g/mol. The van der Waals surface area contributed by atoms with Gasteiger partial charge in [-0.15, -0.1) is 0 Å². The predicted molar refractivity (Wildman–Crippen MR) is 84.4 cm³/mol. The molecule has 0 radical (unpaired) electrons. The maximum absolute atomic E-state index is 13.2. The molecule has 0 amide bonds. The molecule has 3 aromatic rings. The van der Waals surface area contributed by atoms with E-state index in [0.29, 0.717) is 27.3 Å². The van der Waals surface area contributed by atoms with E-state index in [0.717, 1.165) is 3.57 Å². The molecule has 1 unspecified atom stereocenters. The van der Waals surface area contributed by atoms with Gasteiger partial charge < -0.3 is 9.52 Å². The van der Waals surface area contributed by atoms with Gasteiger partial charge in [-0.25, -0.2) is 4.39 Å². The molecule has 5 heteroatoms. The second kappa shape index (κ2) is 5.35. The first-order valence-electron chi connectivity index (χ1n) is 5.86. The van der Waals surface area contributed by atoms with Crippen LogP contribution in [0.25, 0.3) is 11.0 Å². The second-order valence-corrected chi connectivity index (χ2v) is 6.00. The zero-order valence-corrected chi connectivity index (χ0v) is 13.0. The van der Waals surface area contributed by atoms with Crippen molar-refractivity contribution in [1.82, 2.24) is 0 Å². The molecule has 1 N–H and O–H groups in total. The maximum atomic E-state index is 13.2. The Hall–Kier alpha value is -1.11. The lowest BCUT2D eigenvalue weighted by Crippen LogP contribution is -2.00. The summed E-state index contributed by atoms with van der Waals surface area (Å²) in [5, 5.41) is 11.6. The third-order valence-electron chi connectivity index (χ3n) is 3.02. The Labute approximate surface area is 133 Å². The van der Waals surface area contributed by atoms with Gasteiger partial charge in [0.25, 0.3) is 0 Å². The number of benzene rings is 2. The van der Waals surface area contributed by atoms with Gasteiger partial charge in [-0.05, 0) is 65.1 Å². The Kier molecular flexibility index (Phi) is 3.70. The zero-order valence-electron chi connectivity index (χ0n) is 10.1. The van der Waals surface area contributed by atoms with E-state index in [9.17, 15) is 9.50 Å². The molecule has 1 heterocycles. The Balaban J connectivity index is 2.07. The van der Waals surface area contributed by atoms with Crippen LogP contribution in [0.2, 0.25) is 5.02 Å². The van der Waals surface area contributed by atoms with Crippen molar-refractivity contribution >= 4 is 45.2 Å². The highest BCUT2D eigenvalue weighted by atomic mass is 127. The first-order valence-corrected chi connectivity index (χ1v) is 7.32. The second-order valence-electron chi connectivity index (χ2n) is 4.40. The molecule has 0 aliphatic rings. The molecule has 0 fully saturated rings. The van der Waals surface area contributed by atoms with Gasteiger partial charge in [-0.3, -0.25) is 0 Å². The molecule has 0 bridgehead atoms. The molecular formula is C15H9ClFIO2. The molecule has 1 aromatic heterocycles. The number of hydrogen-bond donors (Lipinski definition) is 1. The van der Waals surface area contributed by atoms with Gasteiger partial charge in [0.1, 0.15) is 23.3 Å². The molecule has 3 rings (SSSR count). The van der Waals surface area contributed by atoms with E-state index in [1.54, 1.807) is 24.3 Å². The summed E-state index contributed by atoms with van der Waals surface area (Å²) < 4.78 is 19.6. The number of furan rings is 1. The highest BCUT2D eigenvalue weighted by Crippen LogP contribution is 2.32. The van der Waals surface area contributed by atoms with Crippen molar-refractivity contribution in [2.45, 2.75) is 6.10 Å². The summed E-state index contributed by atoms with van der Waals surface area (Å²) in [5.41, 5.74) is 1.20. The lowest BCUT2D eigenvalue weighted by atomic mass is 10.1. The van der Waals surface area contributed by atoms with Crippen molar-refractivity contribution in [3.63, 3.8) is 0 Å². The topological polar surface area (TPSA) is 33.4 Å². The van der Waals surface area contributed by atoms with Crippen LogP contribution in [-0.4, -0.2) is 5.11 Å². The van der Waals surface area contributed by atoms with E-state index in [1.165, 1.54) is 12.1 Å². The van der Waals surface area contributed by atoms with Crippen LogP contribution in [0.3, 0.4) is 0 Å². The molecule has 0 aliphatic heterocycles. The minimum Gasteiger partial charge on any atom is -0.458 e. The van der Waals surface area contributed by atoms with Crippen LogP contribution in [0.4, 0.5) is 4.39 Å². The molecule has 2 nitrogen and oxygen atoms in total. The lowest BCUT2D eigenvalue weighted by molar-refractivity contribution is 0.191. The molecule has 102 valence electrons. The van der Waals surface area contributed by atoms with E-state index in [2.05, 4.69) is 22.6 Å². The van der Waals surface area contributed by atoms with Crippen LogP contribution in [0, 0.1) is 9.39 Å². The normalized spacial score (nSPS) is 12.8. The van der Waals surface area contributed by atoms with E-state index < -0.39 is 6.10 Å². The lowest BCUT2D eigenvalue weighted by Gasteiger charge is -2.10. The number of fused-ring (bicyclic) bond motifs is 1. The van der Waals surface area contributed by atoms with Crippen molar-refractivity contribution in [2.75, 3.05) is 0 Å². The Morgan fingerprint density at radius 3 is 2.75 bits per heavy atom. The van der Waals surface area contributed by atoms with Gasteiger partial charge in [0.05, 0.1) is 0 Å². The number of rotatable bonds is 2. The number of aliphatic hydroxyl groups is 1. The Bertz CT molecular complexity index is 785. The number of halogens is 3. The smallest absolute Gasteiger partial charge is 0.138 e. The van der Waals surface area contributed by atoms with Gasteiger partial charge in [0, 0.05) is 19.5 Å². The highest BCUT2D eigenvalue weighted by molar-refractivity contribution is 14.1. The molecule has 0 aliphatic carbocycles. The third-order valence-corrected chi connectivity index (χ3v) is 4.24. The minimum atomic E-state index is -0.934. The maximum Gasteiger partial charge on any atom is 0.138 e. The summed E-state index contributed by atoms with van der Waals surface area (Å²) in [6.45, 7) is 0. The van der Waals surface area contributed by atoms with Crippen molar-refractivity contribution < 1.29 is 13.9 Å². The summed E-state index contributed by atoms with van der Waals surface area (Å²) in [6, 6.07) is 11.2. The molecule has 0 saturated carbocycles. The van der Waals surface area contributed by atoms with Crippen molar-refractivity contribution in [3.05, 3.63) is 68.2 Å². The largest absolute Gasteiger partial charge is 0.458 e. The van der Waals surface area contributed by atoms with Crippen LogP contribution in [0.5, 0.6) is 0 Å². The van der Waals surface area contributed by atoms with Crippen molar-refractivity contribution in [3.8, 4) is 0 Å². The minimum absolute atomic E-state index is 0.336. The summed E-state index contributed by atoms with van der Waals surface area (Å²) in [4.78, 5) is 0. The van der Waals surface area contributed by atoms with Gasteiger partial charge >= 0.3 is 0 Å². The van der Waals surface area contributed by atoms with E-state index in [4.69, 9.17) is 16.0 Å². The average molecular weight is 403 g/mol. The number of hydrogen-bond acceptors (Lipinski definition) is 2. The summed E-state index contributed by atoms with van der Waals surface area (Å²) >= 11 is 8.08. The van der Waals surface area contributed by atoms with E-state index >= 15 is 0 Å². The van der Waals surface area contributed by atoms with Crippen LogP contribution in [-0.2, 0) is 0 Å². The van der Waals surface area contributed by atoms with Crippen molar-refractivity contribution in [1.29, 1.82) is 0 Å². The molecule has 0 spiro atoms. The highest BCUT2D eigenvalue weighted by Gasteiger charge is 2.18. The zero-order chi connectivity index (χ0) is 14.3. The summed E-state index contributed by atoms with van der Waals surface area (Å²) in [6.07, 6.45) is -0.934. The van der Waals surface area contributed by atoms with E-state index in [1.807, 2.05) is 6.07 Å². The van der Waals surface area contributed by atoms with Crippen molar-refractivity contribution in [2.24, 2.45) is 0 Å². The van der Waals surface area contributed by atoms with Gasteiger partial charge in [0.2, 0.25) is 0 Å². The summed E-state index contributed by atoms with van der Waals surface area (Å²) in [5.74, 6) is 0.0301. The SMILES string of the molecule is OC(c1cc2cc(F)ccc2o1)c1cc(Cl)ccc1I. The van der Waals surface area contributed by atoms with Gasteiger partial charge in [0.15, 0.2) is 0 Å². The average Bonchev–Trinajstić information content (AvgIpc) is 2.83. The Morgan fingerprint density at radius 1 is 1.15 bits per heavy atom. The predicted octanol–water partition coefficient (Wildman–Crippen LogP) is 4.91. The fraction of sp³-hybridized carbons (Fsp3) is 0.0667. The van der Waals surface area contributed by atoms with Crippen LogP contribution in [0.1, 0.15) is 17.4 Å². The summed E-state index contributed by atoms with van der Waals surface area (Å²) in [7, 11) is 0. The quantitative estimate of drug-likeness (QED) is 0.618. The standard InChI is InChI=1S/C15H9ClFIO2/c16-9-1-3-12(18)11(7-9)15(19)14-6-8-5-10(17)2-4-13(8)20-14/h1-7,15,19H. The van der Waals surface area contributed by atoms with E-state index in [-0.39, 0.29) is 5.82 Å². The molecule has 20 heavy (non-hydrogen) atoms. The van der Waals surface area contributed by atoms with Gasteiger partial charge in [-0.2, -0.15) is 0 Å². The molecule has 0 saturated heterocycles. The molecule has 2 aromatic carbocycles. The van der Waals surface area contributed by atoms with Crippen LogP contribution < -0.4 is 0 Å². The number of aliphatic hydroxyl groups excluding tert-OH is 1. The van der Waals surface area contributed by atoms with Gasteiger partial charge in [-0.1, -0.05) is 11.6 Å². The third kappa shape index (κ3) is 2.55. The van der Waals surface area contributed by atoms with Crippen LogP contribution >= 0.6 is 34.2 Å². The first kappa shape index (κ1) is 13.9. The monoisotopic (exact) mass is 402 g/mol. The fourth-order valence-corrected chi connectivity index (χ4v) is 2.86. The fourth-order valence-electron chi connectivity index (χ4n) is 2.05. The van der Waals surface area contributed by atoms with Crippen LogP contribution in [0.15, 0.2) is 46.9 Å². The molecule has 1 atom stereocenters. The first-order chi connectivity index (χ1) is 9.54. The Morgan fingerprint density at radius 2 is 1.95 bits per heavy atom.